The molecule has 2 N–H and O–H groups in total. The van der Waals surface area contributed by atoms with E-state index in [-0.39, 0.29) is 22.0 Å². The number of anilines is 1. The molecule has 0 spiro atoms. The third-order valence-electron chi connectivity index (χ3n) is 2.19. The van der Waals surface area contributed by atoms with Crippen LogP contribution < -0.4 is 10.7 Å². The maximum Gasteiger partial charge on any atom is 0.262 e. The molecule has 0 bridgehead atoms. The van der Waals surface area contributed by atoms with Gasteiger partial charge in [-0.25, -0.2) is 9.97 Å². The molecule has 0 aliphatic heterocycles. The molecule has 2 rings (SSSR count). The van der Waals surface area contributed by atoms with Crippen molar-refractivity contribution in [2.24, 2.45) is 0 Å². The highest BCUT2D eigenvalue weighted by Gasteiger charge is 2.13. The van der Waals surface area contributed by atoms with Crippen molar-refractivity contribution in [3.63, 3.8) is 0 Å². The monoisotopic (exact) mass is 264 g/mol. The number of aromatic amines is 1. The third kappa shape index (κ3) is 2.54. The molecule has 0 unspecified atom stereocenters. The van der Waals surface area contributed by atoms with Crippen LogP contribution in [0.5, 0.6) is 0 Å². The summed E-state index contributed by atoms with van der Waals surface area (Å²) in [4.78, 5) is 33.9. The minimum absolute atomic E-state index is 0.0117. The summed E-state index contributed by atoms with van der Waals surface area (Å²) in [5.41, 5.74) is 0.292. The first-order chi connectivity index (χ1) is 8.58. The van der Waals surface area contributed by atoms with Crippen molar-refractivity contribution in [2.45, 2.75) is 6.92 Å². The maximum absolute atomic E-state index is 11.8. The van der Waals surface area contributed by atoms with Crippen LogP contribution in [0, 0.1) is 6.92 Å². The minimum Gasteiger partial charge on any atom is -0.364 e. The lowest BCUT2D eigenvalue weighted by molar-refractivity contribution is 0.102. The fraction of sp³-hybridized carbons (Fsp3) is 0.0909. The Bertz CT molecular complexity index is 653. The van der Waals surface area contributed by atoms with Crippen LogP contribution in [-0.4, -0.2) is 20.9 Å². The Balaban J connectivity index is 2.28. The van der Waals surface area contributed by atoms with Crippen molar-refractivity contribution in [1.29, 1.82) is 0 Å². The maximum atomic E-state index is 11.8. The molecule has 0 atom stereocenters. The second kappa shape index (κ2) is 4.97. The SMILES string of the molecule is Cc1cc(=O)c(C(=O)Nc2nccnc2Cl)c[nH]1. The number of H-pyrrole nitrogens is 1. The Morgan fingerprint density at radius 1 is 1.39 bits per heavy atom. The molecule has 1 amide bonds. The summed E-state index contributed by atoms with van der Waals surface area (Å²) in [6.45, 7) is 1.72. The van der Waals surface area contributed by atoms with E-state index in [9.17, 15) is 9.59 Å². The predicted molar refractivity (Wildman–Crippen MR) is 66.8 cm³/mol. The number of carbonyl (C=O) groups is 1. The highest BCUT2D eigenvalue weighted by molar-refractivity contribution is 6.32. The van der Waals surface area contributed by atoms with Crippen LogP contribution >= 0.6 is 11.6 Å². The first kappa shape index (κ1) is 12.3. The Morgan fingerprint density at radius 2 is 2.11 bits per heavy atom. The Hall–Kier alpha value is -2.21. The predicted octanol–water partition coefficient (Wildman–Crippen LogP) is 1.38. The summed E-state index contributed by atoms with van der Waals surface area (Å²) >= 11 is 5.75. The summed E-state index contributed by atoms with van der Waals surface area (Å²) in [5.74, 6) is -0.470. The van der Waals surface area contributed by atoms with Crippen molar-refractivity contribution < 1.29 is 4.79 Å². The molecule has 0 aliphatic rings. The van der Waals surface area contributed by atoms with Crippen LogP contribution in [0.3, 0.4) is 0 Å². The van der Waals surface area contributed by atoms with Gasteiger partial charge in [-0.1, -0.05) is 11.6 Å². The standard InChI is InChI=1S/C11H9ClN4O2/c1-6-4-8(17)7(5-15-6)11(18)16-10-9(12)13-2-3-14-10/h2-5H,1H3,(H,15,17)(H,14,16,18). The van der Waals surface area contributed by atoms with Gasteiger partial charge in [0.05, 0.1) is 0 Å². The van der Waals surface area contributed by atoms with Gasteiger partial charge in [-0.2, -0.15) is 0 Å². The van der Waals surface area contributed by atoms with Crippen LogP contribution in [0.1, 0.15) is 16.1 Å². The normalized spacial score (nSPS) is 10.1. The highest BCUT2D eigenvalue weighted by atomic mass is 35.5. The number of aromatic nitrogens is 3. The van der Waals surface area contributed by atoms with Gasteiger partial charge in [0.2, 0.25) is 0 Å². The van der Waals surface area contributed by atoms with Gasteiger partial charge in [0.25, 0.3) is 5.91 Å². The van der Waals surface area contributed by atoms with Crippen LogP contribution in [0.4, 0.5) is 5.82 Å². The molecule has 92 valence electrons. The number of rotatable bonds is 2. The van der Waals surface area contributed by atoms with E-state index < -0.39 is 5.91 Å². The van der Waals surface area contributed by atoms with E-state index in [0.29, 0.717) is 5.69 Å². The average Bonchev–Trinajstić information content (AvgIpc) is 2.32. The van der Waals surface area contributed by atoms with E-state index in [2.05, 4.69) is 20.3 Å². The Morgan fingerprint density at radius 3 is 2.78 bits per heavy atom. The van der Waals surface area contributed by atoms with Gasteiger partial charge >= 0.3 is 0 Å². The van der Waals surface area contributed by atoms with Gasteiger partial charge in [-0.15, -0.1) is 0 Å². The molecule has 0 saturated carbocycles. The third-order valence-corrected chi connectivity index (χ3v) is 2.46. The summed E-state index contributed by atoms with van der Waals surface area (Å²) in [7, 11) is 0. The molecular formula is C11H9ClN4O2. The quantitative estimate of drug-likeness (QED) is 0.858. The van der Waals surface area contributed by atoms with Crippen LogP contribution in [0.25, 0.3) is 0 Å². The van der Waals surface area contributed by atoms with E-state index in [1.165, 1.54) is 24.7 Å². The lowest BCUT2D eigenvalue weighted by Gasteiger charge is -2.04. The molecule has 2 aromatic rings. The molecule has 0 saturated heterocycles. The van der Waals surface area contributed by atoms with Gasteiger partial charge in [-0.3, -0.25) is 9.59 Å². The van der Waals surface area contributed by atoms with Crippen molar-refractivity contribution in [3.05, 3.63) is 51.3 Å². The molecule has 0 aliphatic carbocycles. The number of nitrogens with zero attached hydrogens (tertiary/aromatic N) is 2. The van der Waals surface area contributed by atoms with Crippen molar-refractivity contribution >= 4 is 23.3 Å². The number of hydrogen-bond acceptors (Lipinski definition) is 4. The molecule has 7 heteroatoms. The van der Waals surface area contributed by atoms with E-state index >= 15 is 0 Å². The highest BCUT2D eigenvalue weighted by Crippen LogP contribution is 2.14. The number of halogens is 1. The molecule has 2 heterocycles. The Labute approximate surface area is 107 Å². The fourth-order valence-corrected chi connectivity index (χ4v) is 1.48. The molecule has 0 fully saturated rings. The number of pyridine rings is 1. The van der Waals surface area contributed by atoms with Crippen LogP contribution in [-0.2, 0) is 0 Å². The smallest absolute Gasteiger partial charge is 0.262 e. The Kier molecular flexibility index (Phi) is 3.38. The molecule has 0 radical (unpaired) electrons. The van der Waals surface area contributed by atoms with Crippen molar-refractivity contribution in [2.75, 3.05) is 5.32 Å². The number of hydrogen-bond donors (Lipinski definition) is 2. The van der Waals surface area contributed by atoms with Gasteiger partial charge in [0.1, 0.15) is 5.56 Å². The number of amides is 1. The minimum atomic E-state index is -0.585. The molecule has 0 aromatic carbocycles. The van der Waals surface area contributed by atoms with Gasteiger partial charge in [0, 0.05) is 30.4 Å². The van der Waals surface area contributed by atoms with E-state index in [1.807, 2.05) is 0 Å². The largest absolute Gasteiger partial charge is 0.364 e. The number of carbonyl (C=O) groups excluding carboxylic acids is 1. The van der Waals surface area contributed by atoms with Crippen molar-refractivity contribution in [1.82, 2.24) is 15.0 Å². The zero-order valence-corrected chi connectivity index (χ0v) is 10.2. The van der Waals surface area contributed by atoms with E-state index in [0.717, 1.165) is 0 Å². The first-order valence-corrected chi connectivity index (χ1v) is 5.43. The summed E-state index contributed by atoms with van der Waals surface area (Å²) in [6.07, 6.45) is 4.13. The molecule has 6 nitrogen and oxygen atoms in total. The lowest BCUT2D eigenvalue weighted by atomic mass is 10.2. The summed E-state index contributed by atoms with van der Waals surface area (Å²) in [5, 5.41) is 2.49. The summed E-state index contributed by atoms with van der Waals surface area (Å²) < 4.78 is 0. The van der Waals surface area contributed by atoms with Gasteiger partial charge in [0.15, 0.2) is 16.4 Å². The molecular weight excluding hydrogens is 256 g/mol. The van der Waals surface area contributed by atoms with Gasteiger partial charge in [-0.05, 0) is 6.92 Å². The topological polar surface area (TPSA) is 87.7 Å². The molecule has 2 aromatic heterocycles. The zero-order chi connectivity index (χ0) is 13.1. The second-order valence-corrected chi connectivity index (χ2v) is 3.90. The average molecular weight is 265 g/mol. The number of aryl methyl sites for hydroxylation is 1. The fourth-order valence-electron chi connectivity index (χ4n) is 1.33. The van der Waals surface area contributed by atoms with Crippen LogP contribution in [0.15, 0.2) is 29.5 Å². The lowest BCUT2D eigenvalue weighted by Crippen LogP contribution is -2.22. The van der Waals surface area contributed by atoms with Gasteiger partial charge < -0.3 is 10.3 Å². The van der Waals surface area contributed by atoms with E-state index in [1.54, 1.807) is 6.92 Å². The van der Waals surface area contributed by atoms with Crippen LogP contribution in [0.2, 0.25) is 5.15 Å². The number of nitrogens with one attached hydrogen (secondary N) is 2. The second-order valence-electron chi connectivity index (χ2n) is 3.54. The molecule has 18 heavy (non-hydrogen) atoms. The zero-order valence-electron chi connectivity index (χ0n) is 9.40. The summed E-state index contributed by atoms with van der Waals surface area (Å²) in [6, 6.07) is 1.34. The van der Waals surface area contributed by atoms with Crippen molar-refractivity contribution in [3.8, 4) is 0 Å². The van der Waals surface area contributed by atoms with E-state index in [4.69, 9.17) is 11.6 Å². The first-order valence-electron chi connectivity index (χ1n) is 5.05.